The Morgan fingerprint density at radius 2 is 1.95 bits per heavy atom. The molecule has 1 N–H and O–H groups in total. The molecule has 39 heavy (non-hydrogen) atoms. The van der Waals surface area contributed by atoms with Crippen LogP contribution in [0.1, 0.15) is 28.2 Å². The molecule has 0 amide bonds. The highest BCUT2D eigenvalue weighted by atomic mass is 35.5. The first-order chi connectivity index (χ1) is 18.9. The van der Waals surface area contributed by atoms with E-state index in [1.807, 2.05) is 24.3 Å². The Morgan fingerprint density at radius 3 is 2.69 bits per heavy atom. The van der Waals surface area contributed by atoms with E-state index in [9.17, 15) is 9.90 Å². The second-order valence-electron chi connectivity index (χ2n) is 9.87. The van der Waals surface area contributed by atoms with Crippen LogP contribution in [0.4, 0.5) is 0 Å². The van der Waals surface area contributed by atoms with Gasteiger partial charge in [-0.3, -0.25) is 4.90 Å². The standard InChI is InChI=1S/C29H27Cl2N3O5/c30-20-5-7-27(24(31)12-20)38-17-18-2-1-3-21(10-18)39-23-13-33(14-23)16-28-32-25-6-4-19(29(35)36)11-26(25)34(28)15-22-8-9-37-22/h1-7,10-12,22-23H,8-9,13-17H2,(H,35,36)/t22-/m0/s1. The van der Waals surface area contributed by atoms with Crippen molar-refractivity contribution in [2.45, 2.75) is 38.3 Å². The number of fused-ring (bicyclic) bond motifs is 1. The van der Waals surface area contributed by atoms with Crippen LogP contribution < -0.4 is 9.47 Å². The minimum absolute atomic E-state index is 0.0679. The van der Waals surface area contributed by atoms with Crippen molar-refractivity contribution in [3.05, 3.63) is 87.7 Å². The number of rotatable bonds is 10. The highest BCUT2D eigenvalue weighted by molar-refractivity contribution is 6.35. The summed E-state index contributed by atoms with van der Waals surface area (Å²) in [5, 5.41) is 10.5. The average molecular weight is 568 g/mol. The maximum Gasteiger partial charge on any atom is 0.335 e. The van der Waals surface area contributed by atoms with E-state index in [1.54, 1.807) is 36.4 Å². The molecule has 0 radical (unpaired) electrons. The lowest BCUT2D eigenvalue weighted by Gasteiger charge is -2.39. The van der Waals surface area contributed by atoms with Gasteiger partial charge in [0.2, 0.25) is 0 Å². The van der Waals surface area contributed by atoms with Crippen molar-refractivity contribution < 1.29 is 24.1 Å². The number of imidazole rings is 1. The number of ether oxygens (including phenoxy) is 3. The molecule has 2 saturated heterocycles. The fraction of sp³-hybridized carbons (Fsp3) is 0.310. The fourth-order valence-corrected chi connectivity index (χ4v) is 5.31. The summed E-state index contributed by atoms with van der Waals surface area (Å²) < 4.78 is 19.8. The molecule has 2 aliphatic heterocycles. The van der Waals surface area contributed by atoms with Gasteiger partial charge in [0, 0.05) is 24.7 Å². The lowest BCUT2D eigenvalue weighted by Crippen LogP contribution is -2.53. The molecule has 1 atom stereocenters. The van der Waals surface area contributed by atoms with Crippen LogP contribution in [-0.4, -0.2) is 57.4 Å². The van der Waals surface area contributed by atoms with Crippen molar-refractivity contribution >= 4 is 40.2 Å². The topological polar surface area (TPSA) is 86.0 Å². The zero-order valence-electron chi connectivity index (χ0n) is 21.1. The van der Waals surface area contributed by atoms with Crippen LogP contribution in [0.15, 0.2) is 60.7 Å². The monoisotopic (exact) mass is 567 g/mol. The molecular formula is C29H27Cl2N3O5. The predicted octanol–water partition coefficient (Wildman–Crippen LogP) is 5.67. The second kappa shape index (κ2) is 11.1. The molecule has 0 aliphatic carbocycles. The fourth-order valence-electron chi connectivity index (χ4n) is 4.84. The summed E-state index contributed by atoms with van der Waals surface area (Å²) in [5.41, 5.74) is 2.85. The van der Waals surface area contributed by atoms with Crippen molar-refractivity contribution in [2.75, 3.05) is 19.7 Å². The van der Waals surface area contributed by atoms with Crippen molar-refractivity contribution in [3.8, 4) is 11.5 Å². The molecule has 4 aromatic rings. The first-order valence-electron chi connectivity index (χ1n) is 12.8. The van der Waals surface area contributed by atoms with Gasteiger partial charge in [-0.05, 0) is 60.5 Å². The van der Waals surface area contributed by atoms with E-state index in [0.29, 0.717) is 35.5 Å². The number of hydrogen-bond donors (Lipinski definition) is 1. The SMILES string of the molecule is O=C(O)c1ccc2nc(CN3CC(Oc4cccc(COc5ccc(Cl)cc5Cl)c4)C3)n(C[C@@H]3CCO3)c2c1. The van der Waals surface area contributed by atoms with Crippen LogP contribution in [0.2, 0.25) is 10.0 Å². The molecular weight excluding hydrogens is 541 g/mol. The molecule has 0 bridgehead atoms. The van der Waals surface area contributed by atoms with E-state index < -0.39 is 5.97 Å². The largest absolute Gasteiger partial charge is 0.488 e. The van der Waals surface area contributed by atoms with E-state index in [2.05, 4.69) is 9.47 Å². The molecule has 0 saturated carbocycles. The highest BCUT2D eigenvalue weighted by Crippen LogP contribution is 2.29. The molecule has 0 unspecified atom stereocenters. The molecule has 8 nitrogen and oxygen atoms in total. The molecule has 2 aliphatic rings. The number of hydrogen-bond acceptors (Lipinski definition) is 6. The third kappa shape index (κ3) is 5.84. The number of halogens is 2. The van der Waals surface area contributed by atoms with Gasteiger partial charge in [0.1, 0.15) is 30.0 Å². The van der Waals surface area contributed by atoms with Gasteiger partial charge in [0.25, 0.3) is 0 Å². The normalized spacial score (nSPS) is 17.5. The number of aromatic carboxylic acids is 1. The van der Waals surface area contributed by atoms with E-state index in [4.69, 9.17) is 42.4 Å². The lowest BCUT2D eigenvalue weighted by atomic mass is 10.1. The molecule has 202 valence electrons. The number of aromatic nitrogens is 2. The van der Waals surface area contributed by atoms with Crippen LogP contribution in [-0.2, 0) is 24.4 Å². The Hall–Kier alpha value is -3.30. The number of nitrogens with zero attached hydrogens (tertiary/aromatic N) is 3. The van der Waals surface area contributed by atoms with Gasteiger partial charge < -0.3 is 23.9 Å². The number of benzene rings is 3. The van der Waals surface area contributed by atoms with Crippen molar-refractivity contribution in [1.29, 1.82) is 0 Å². The third-order valence-corrected chi connectivity index (χ3v) is 7.56. The summed E-state index contributed by atoms with van der Waals surface area (Å²) in [6.45, 7) is 3.98. The zero-order chi connectivity index (χ0) is 26.9. The van der Waals surface area contributed by atoms with Gasteiger partial charge in [-0.15, -0.1) is 0 Å². The minimum atomic E-state index is -0.946. The molecule has 0 spiro atoms. The third-order valence-electron chi connectivity index (χ3n) is 7.03. The van der Waals surface area contributed by atoms with Crippen LogP contribution in [0.5, 0.6) is 11.5 Å². The summed E-state index contributed by atoms with van der Waals surface area (Å²) in [7, 11) is 0. The molecule has 3 heterocycles. The van der Waals surface area contributed by atoms with Gasteiger partial charge in [-0.2, -0.15) is 0 Å². The van der Waals surface area contributed by atoms with Crippen molar-refractivity contribution in [2.24, 2.45) is 0 Å². The number of likely N-dealkylation sites (tertiary alicyclic amines) is 1. The molecule has 1 aromatic heterocycles. The number of carboxylic acid groups (broad SMARTS) is 1. The lowest BCUT2D eigenvalue weighted by molar-refractivity contribution is -0.0596. The maximum absolute atomic E-state index is 11.5. The number of carbonyl (C=O) groups is 1. The first-order valence-corrected chi connectivity index (χ1v) is 13.6. The summed E-state index contributed by atoms with van der Waals surface area (Å²) in [6.07, 6.45) is 1.20. The maximum atomic E-state index is 11.5. The predicted molar refractivity (Wildman–Crippen MR) is 148 cm³/mol. The Balaban J connectivity index is 1.07. The van der Waals surface area contributed by atoms with Gasteiger partial charge in [0.05, 0.1) is 40.8 Å². The van der Waals surface area contributed by atoms with E-state index in [1.165, 1.54) is 0 Å². The van der Waals surface area contributed by atoms with Gasteiger partial charge in [-0.1, -0.05) is 35.3 Å². The Kier molecular flexibility index (Phi) is 7.36. The molecule has 10 heteroatoms. The van der Waals surface area contributed by atoms with Crippen molar-refractivity contribution in [3.63, 3.8) is 0 Å². The van der Waals surface area contributed by atoms with Gasteiger partial charge in [0.15, 0.2) is 0 Å². The van der Waals surface area contributed by atoms with E-state index >= 15 is 0 Å². The summed E-state index contributed by atoms with van der Waals surface area (Å²) in [4.78, 5) is 18.6. The average Bonchev–Trinajstić information content (AvgIpc) is 3.20. The smallest absolute Gasteiger partial charge is 0.335 e. The van der Waals surface area contributed by atoms with Crippen LogP contribution >= 0.6 is 23.2 Å². The van der Waals surface area contributed by atoms with E-state index in [0.717, 1.165) is 54.3 Å². The Bertz CT molecular complexity index is 1510. The quantitative estimate of drug-likeness (QED) is 0.264. The van der Waals surface area contributed by atoms with Gasteiger partial charge >= 0.3 is 5.97 Å². The summed E-state index contributed by atoms with van der Waals surface area (Å²) in [5.74, 6) is 1.33. The first kappa shape index (κ1) is 26.0. The highest BCUT2D eigenvalue weighted by Gasteiger charge is 2.31. The number of carboxylic acids is 1. The van der Waals surface area contributed by atoms with Crippen LogP contribution in [0.25, 0.3) is 11.0 Å². The van der Waals surface area contributed by atoms with Crippen LogP contribution in [0.3, 0.4) is 0 Å². The molecule has 2 fully saturated rings. The minimum Gasteiger partial charge on any atom is -0.488 e. The summed E-state index contributed by atoms with van der Waals surface area (Å²) in [6, 6.07) is 18.1. The van der Waals surface area contributed by atoms with Crippen molar-refractivity contribution in [1.82, 2.24) is 14.5 Å². The molecule has 6 rings (SSSR count). The van der Waals surface area contributed by atoms with E-state index in [-0.39, 0.29) is 17.8 Å². The Morgan fingerprint density at radius 1 is 1.10 bits per heavy atom. The van der Waals surface area contributed by atoms with Gasteiger partial charge in [-0.25, -0.2) is 9.78 Å². The summed E-state index contributed by atoms with van der Waals surface area (Å²) >= 11 is 12.2. The Labute approximate surface area is 235 Å². The second-order valence-corrected chi connectivity index (χ2v) is 10.7. The van der Waals surface area contributed by atoms with Crippen LogP contribution in [0, 0.1) is 0 Å². The molecule has 3 aromatic carbocycles. The zero-order valence-corrected chi connectivity index (χ0v) is 22.6.